The number of rotatable bonds is 2. The Morgan fingerprint density at radius 2 is 2.19 bits per heavy atom. The van der Waals surface area contributed by atoms with Crippen LogP contribution >= 0.6 is 22.7 Å². The second-order valence-electron chi connectivity index (χ2n) is 4.33. The fourth-order valence-corrected chi connectivity index (χ4v) is 3.43. The Kier molecular flexibility index (Phi) is 2.69. The van der Waals surface area contributed by atoms with E-state index in [0.717, 1.165) is 20.9 Å². The van der Waals surface area contributed by atoms with Crippen molar-refractivity contribution in [1.82, 2.24) is 29.4 Å². The maximum absolute atomic E-state index is 11.9. The molecule has 4 rings (SSSR count). The monoisotopic (exact) mass is 316 g/mol. The lowest BCUT2D eigenvalue weighted by Crippen LogP contribution is -2.26. The highest BCUT2D eigenvalue weighted by atomic mass is 32.1. The fraction of sp³-hybridized carbons (Fsp3) is 0.0833. The molecule has 21 heavy (non-hydrogen) atoms. The summed E-state index contributed by atoms with van der Waals surface area (Å²) in [5.74, 6) is 0. The number of aromatic nitrogens is 6. The van der Waals surface area contributed by atoms with E-state index in [1.165, 1.54) is 22.1 Å². The van der Waals surface area contributed by atoms with Gasteiger partial charge in [-0.1, -0.05) is 5.21 Å². The summed E-state index contributed by atoms with van der Waals surface area (Å²) in [6.07, 6.45) is 1.45. The summed E-state index contributed by atoms with van der Waals surface area (Å²) in [6, 6.07) is 2.02. The molecule has 0 radical (unpaired) electrons. The number of thiazole rings is 1. The van der Waals surface area contributed by atoms with Crippen LogP contribution in [0.3, 0.4) is 0 Å². The van der Waals surface area contributed by atoms with Gasteiger partial charge in [-0.2, -0.15) is 16.0 Å². The van der Waals surface area contributed by atoms with E-state index in [9.17, 15) is 4.79 Å². The van der Waals surface area contributed by atoms with E-state index in [2.05, 4.69) is 20.3 Å². The Balaban J connectivity index is 1.88. The lowest BCUT2D eigenvalue weighted by atomic mass is 10.3. The number of hydrogen-bond acceptors (Lipinski definition) is 7. The third-order valence-corrected chi connectivity index (χ3v) is 4.55. The predicted octanol–water partition coefficient (Wildman–Crippen LogP) is 1.67. The summed E-state index contributed by atoms with van der Waals surface area (Å²) in [4.78, 5) is 20.8. The van der Waals surface area contributed by atoms with E-state index in [0.29, 0.717) is 11.3 Å². The first-order valence-corrected chi connectivity index (χ1v) is 7.82. The Bertz CT molecular complexity index is 981. The molecule has 104 valence electrons. The molecule has 9 heteroatoms. The van der Waals surface area contributed by atoms with Gasteiger partial charge >= 0.3 is 5.69 Å². The Hall–Kier alpha value is -2.39. The highest BCUT2D eigenvalue weighted by Gasteiger charge is 2.15. The van der Waals surface area contributed by atoms with Gasteiger partial charge in [0.1, 0.15) is 17.0 Å². The van der Waals surface area contributed by atoms with Gasteiger partial charge in [-0.15, -0.1) is 16.4 Å². The zero-order valence-corrected chi connectivity index (χ0v) is 12.4. The first-order valence-electron chi connectivity index (χ1n) is 5.99. The van der Waals surface area contributed by atoms with Crippen LogP contribution in [0.4, 0.5) is 0 Å². The van der Waals surface area contributed by atoms with Crippen LogP contribution in [0.2, 0.25) is 0 Å². The Labute approximate surface area is 126 Å². The van der Waals surface area contributed by atoms with Crippen LogP contribution in [0.1, 0.15) is 0 Å². The largest absolute Gasteiger partial charge is 0.352 e. The van der Waals surface area contributed by atoms with Gasteiger partial charge in [0.2, 0.25) is 0 Å². The molecule has 0 N–H and O–H groups in total. The van der Waals surface area contributed by atoms with Crippen LogP contribution in [0.15, 0.2) is 33.3 Å². The van der Waals surface area contributed by atoms with Crippen LogP contribution in [0, 0.1) is 0 Å². The summed E-state index contributed by atoms with van der Waals surface area (Å²) in [5, 5.41) is 14.6. The molecule has 4 heterocycles. The van der Waals surface area contributed by atoms with Crippen LogP contribution in [-0.4, -0.2) is 29.4 Å². The lowest BCUT2D eigenvalue weighted by molar-refractivity contribution is 0.607. The number of fused-ring (bicyclic) bond motifs is 1. The molecule has 4 aromatic heterocycles. The highest BCUT2D eigenvalue weighted by Crippen LogP contribution is 2.30. The summed E-state index contributed by atoms with van der Waals surface area (Å²) in [5.41, 5.74) is 2.69. The van der Waals surface area contributed by atoms with E-state index < -0.39 is 0 Å². The normalized spacial score (nSPS) is 11.3. The number of imidazole rings is 1. The predicted molar refractivity (Wildman–Crippen MR) is 80.4 cm³/mol. The third-order valence-electron chi connectivity index (χ3n) is 3.02. The SMILES string of the molecule is Cn1nnc2c(-c3nc(-c4ccsc4)cs3)ncn2c1=O. The van der Waals surface area contributed by atoms with Crippen LogP contribution in [0.25, 0.3) is 27.6 Å². The summed E-state index contributed by atoms with van der Waals surface area (Å²) < 4.78 is 2.53. The summed E-state index contributed by atoms with van der Waals surface area (Å²) >= 11 is 3.10. The molecule has 0 saturated heterocycles. The molecule has 0 aromatic carbocycles. The van der Waals surface area contributed by atoms with Crippen molar-refractivity contribution in [1.29, 1.82) is 0 Å². The average Bonchev–Trinajstić information content (AvgIpc) is 3.20. The van der Waals surface area contributed by atoms with Crippen LogP contribution in [0.5, 0.6) is 0 Å². The second-order valence-corrected chi connectivity index (χ2v) is 5.97. The average molecular weight is 316 g/mol. The second kappa shape index (κ2) is 4.57. The topological polar surface area (TPSA) is 78.0 Å². The number of thiophene rings is 1. The van der Waals surface area contributed by atoms with Gasteiger partial charge in [0, 0.05) is 23.4 Å². The highest BCUT2D eigenvalue weighted by molar-refractivity contribution is 7.13. The number of nitrogens with zero attached hydrogens (tertiary/aromatic N) is 6. The van der Waals surface area contributed by atoms with Crippen molar-refractivity contribution >= 4 is 28.3 Å². The Morgan fingerprint density at radius 1 is 1.29 bits per heavy atom. The maximum atomic E-state index is 11.9. The van der Waals surface area contributed by atoms with E-state index in [1.807, 2.05) is 22.2 Å². The molecule has 0 spiro atoms. The molecular formula is C12H8N6OS2. The van der Waals surface area contributed by atoms with Gasteiger partial charge in [-0.05, 0) is 11.4 Å². The van der Waals surface area contributed by atoms with Crippen molar-refractivity contribution < 1.29 is 0 Å². The molecule has 0 amide bonds. The minimum absolute atomic E-state index is 0.284. The van der Waals surface area contributed by atoms with Crippen molar-refractivity contribution in [2.45, 2.75) is 0 Å². The van der Waals surface area contributed by atoms with Gasteiger partial charge in [0.15, 0.2) is 5.65 Å². The minimum Gasteiger partial charge on any atom is -0.245 e. The van der Waals surface area contributed by atoms with Crippen molar-refractivity contribution in [2.24, 2.45) is 7.05 Å². The molecule has 4 aromatic rings. The van der Waals surface area contributed by atoms with Gasteiger partial charge in [-0.3, -0.25) is 0 Å². The molecule has 0 fully saturated rings. The van der Waals surface area contributed by atoms with Gasteiger partial charge in [-0.25, -0.2) is 19.2 Å². The summed E-state index contributed by atoms with van der Waals surface area (Å²) in [6.45, 7) is 0. The standard InChI is InChI=1S/C12H8N6OS2/c1-17-12(19)18-6-13-9(10(18)15-16-17)11-14-8(5-21-11)7-2-3-20-4-7/h2-6H,1H3. The van der Waals surface area contributed by atoms with E-state index >= 15 is 0 Å². The first-order chi connectivity index (χ1) is 10.2. The fourth-order valence-electron chi connectivity index (χ4n) is 1.96. The Morgan fingerprint density at radius 3 is 3.00 bits per heavy atom. The van der Waals surface area contributed by atoms with Crippen LogP contribution < -0.4 is 5.69 Å². The zero-order valence-electron chi connectivity index (χ0n) is 10.8. The lowest BCUT2D eigenvalue weighted by Gasteiger charge is -1.96. The molecule has 7 nitrogen and oxygen atoms in total. The van der Waals surface area contributed by atoms with Crippen molar-refractivity contribution in [2.75, 3.05) is 0 Å². The van der Waals surface area contributed by atoms with Crippen LogP contribution in [-0.2, 0) is 7.05 Å². The molecule has 0 unspecified atom stereocenters. The quantitative estimate of drug-likeness (QED) is 0.562. The first kappa shape index (κ1) is 12.4. The van der Waals surface area contributed by atoms with E-state index in [-0.39, 0.29) is 5.69 Å². The molecule has 0 atom stereocenters. The van der Waals surface area contributed by atoms with Crippen molar-refractivity contribution in [3.8, 4) is 22.0 Å². The molecule has 0 bridgehead atoms. The molecule has 0 aliphatic rings. The van der Waals surface area contributed by atoms with E-state index in [4.69, 9.17) is 0 Å². The smallest absolute Gasteiger partial charge is 0.245 e. The molecule has 0 aliphatic heterocycles. The van der Waals surface area contributed by atoms with Crippen molar-refractivity contribution in [3.63, 3.8) is 0 Å². The number of hydrogen-bond donors (Lipinski definition) is 0. The summed E-state index contributed by atoms with van der Waals surface area (Å²) in [7, 11) is 1.55. The molecule has 0 aliphatic carbocycles. The van der Waals surface area contributed by atoms with Gasteiger partial charge in [0.25, 0.3) is 0 Å². The zero-order chi connectivity index (χ0) is 14.4. The molecule has 0 saturated carbocycles. The van der Waals surface area contributed by atoms with Gasteiger partial charge in [0.05, 0.1) is 5.69 Å². The van der Waals surface area contributed by atoms with Crippen molar-refractivity contribution in [3.05, 3.63) is 39.0 Å². The minimum atomic E-state index is -0.284. The molecular weight excluding hydrogens is 308 g/mol. The number of aryl methyl sites for hydroxylation is 1. The van der Waals surface area contributed by atoms with E-state index in [1.54, 1.807) is 18.4 Å². The maximum Gasteiger partial charge on any atom is 0.352 e. The third kappa shape index (κ3) is 1.89. The van der Waals surface area contributed by atoms with Gasteiger partial charge < -0.3 is 0 Å².